The second-order valence-corrected chi connectivity index (χ2v) is 7.45. The first-order valence-corrected chi connectivity index (χ1v) is 9.84. The Hall–Kier alpha value is -0.680. The van der Waals surface area contributed by atoms with Crippen molar-refractivity contribution in [2.24, 2.45) is 0 Å². The third-order valence-corrected chi connectivity index (χ3v) is 4.80. The van der Waals surface area contributed by atoms with E-state index < -0.39 is 4.84 Å². The van der Waals surface area contributed by atoms with E-state index in [2.05, 4.69) is 10.6 Å². The topological polar surface area (TPSA) is 58.2 Å². The Morgan fingerprint density at radius 2 is 1.44 bits per heavy atom. The van der Waals surface area contributed by atoms with Gasteiger partial charge in [0.05, 0.1) is 15.6 Å². The van der Waals surface area contributed by atoms with Gasteiger partial charge in [-0.05, 0) is 25.0 Å². The van der Waals surface area contributed by atoms with E-state index in [1.807, 2.05) is 0 Å². The molecule has 2 amide bonds. The van der Waals surface area contributed by atoms with Crippen molar-refractivity contribution in [1.29, 1.82) is 0 Å². The van der Waals surface area contributed by atoms with Gasteiger partial charge in [0, 0.05) is 13.1 Å². The lowest BCUT2D eigenvalue weighted by molar-refractivity contribution is -0.119. The maximum Gasteiger partial charge on any atom is 0.253 e. The first-order chi connectivity index (χ1) is 11.9. The van der Waals surface area contributed by atoms with Gasteiger partial charge in [0.2, 0.25) is 0 Å². The molecular formula is C17H22Cl4N2O2. The van der Waals surface area contributed by atoms with Crippen molar-refractivity contribution in [3.63, 3.8) is 0 Å². The summed E-state index contributed by atoms with van der Waals surface area (Å²) in [6.45, 7) is 1.19. The van der Waals surface area contributed by atoms with Crippen LogP contribution in [-0.4, -0.2) is 29.7 Å². The molecule has 1 aromatic rings. The van der Waals surface area contributed by atoms with Crippen molar-refractivity contribution in [2.75, 3.05) is 13.1 Å². The highest BCUT2D eigenvalue weighted by Gasteiger charge is 2.11. The van der Waals surface area contributed by atoms with Crippen molar-refractivity contribution in [2.45, 2.75) is 43.4 Å². The zero-order valence-corrected chi connectivity index (χ0v) is 16.8. The van der Waals surface area contributed by atoms with Crippen LogP contribution in [0.3, 0.4) is 0 Å². The van der Waals surface area contributed by atoms with Crippen molar-refractivity contribution in [3.05, 3.63) is 33.8 Å². The van der Waals surface area contributed by atoms with E-state index in [4.69, 9.17) is 46.4 Å². The number of amides is 2. The van der Waals surface area contributed by atoms with Crippen LogP contribution in [-0.2, 0) is 4.79 Å². The highest BCUT2D eigenvalue weighted by Crippen LogP contribution is 2.25. The number of benzene rings is 1. The molecule has 0 atom stereocenters. The lowest BCUT2D eigenvalue weighted by Gasteiger charge is -2.08. The van der Waals surface area contributed by atoms with Crippen LogP contribution in [0.2, 0.25) is 10.0 Å². The van der Waals surface area contributed by atoms with Gasteiger partial charge in [0.1, 0.15) is 0 Å². The molecule has 4 nitrogen and oxygen atoms in total. The molecule has 25 heavy (non-hydrogen) atoms. The molecule has 1 aromatic carbocycles. The van der Waals surface area contributed by atoms with E-state index in [1.165, 1.54) is 0 Å². The van der Waals surface area contributed by atoms with E-state index in [9.17, 15) is 9.59 Å². The van der Waals surface area contributed by atoms with Crippen LogP contribution in [0.4, 0.5) is 0 Å². The number of hydrogen-bond acceptors (Lipinski definition) is 2. The zero-order valence-electron chi connectivity index (χ0n) is 13.8. The molecule has 2 N–H and O–H groups in total. The van der Waals surface area contributed by atoms with Gasteiger partial charge >= 0.3 is 0 Å². The number of carbonyl (C=O) groups excluding carboxylic acids is 2. The Bertz CT molecular complexity index is 568. The molecule has 140 valence electrons. The van der Waals surface area contributed by atoms with Crippen molar-refractivity contribution >= 4 is 58.2 Å². The van der Waals surface area contributed by atoms with Gasteiger partial charge in [0.25, 0.3) is 11.8 Å². The summed E-state index contributed by atoms with van der Waals surface area (Å²) in [7, 11) is 0. The fourth-order valence-corrected chi connectivity index (χ4v) is 2.76. The normalized spacial score (nSPS) is 10.8. The van der Waals surface area contributed by atoms with Gasteiger partial charge in [-0.2, -0.15) is 0 Å². The van der Waals surface area contributed by atoms with E-state index in [1.54, 1.807) is 18.2 Å². The molecule has 0 radical (unpaired) electrons. The SMILES string of the molecule is O=C(NCCCCCCCCNC(=O)C(Cl)Cl)c1cccc(Cl)c1Cl. The summed E-state index contributed by atoms with van der Waals surface area (Å²) in [6, 6.07) is 5.00. The second kappa shape index (κ2) is 12.6. The number of rotatable bonds is 11. The molecule has 0 fully saturated rings. The van der Waals surface area contributed by atoms with Gasteiger partial charge in [-0.25, -0.2) is 0 Å². The number of alkyl halides is 2. The Balaban J connectivity index is 2.03. The molecular weight excluding hydrogens is 406 g/mol. The molecule has 0 aromatic heterocycles. The Morgan fingerprint density at radius 3 is 2.04 bits per heavy atom. The van der Waals surface area contributed by atoms with Crippen LogP contribution >= 0.6 is 46.4 Å². The molecule has 8 heteroatoms. The Kier molecular flexibility index (Phi) is 11.3. The summed E-state index contributed by atoms with van der Waals surface area (Å²) < 4.78 is 0. The lowest BCUT2D eigenvalue weighted by atomic mass is 10.1. The largest absolute Gasteiger partial charge is 0.354 e. The third kappa shape index (κ3) is 9.00. The fourth-order valence-electron chi connectivity index (χ4n) is 2.22. The van der Waals surface area contributed by atoms with Gasteiger partial charge in [-0.1, -0.05) is 78.2 Å². The van der Waals surface area contributed by atoms with Gasteiger partial charge in [0.15, 0.2) is 4.84 Å². The number of hydrogen-bond donors (Lipinski definition) is 2. The molecule has 0 aliphatic rings. The third-order valence-electron chi connectivity index (χ3n) is 3.58. The van der Waals surface area contributed by atoms with Crippen LogP contribution in [0.5, 0.6) is 0 Å². The molecule has 0 heterocycles. The smallest absolute Gasteiger partial charge is 0.253 e. The molecule has 0 aliphatic heterocycles. The molecule has 1 rings (SSSR count). The van der Waals surface area contributed by atoms with E-state index in [0.29, 0.717) is 23.7 Å². The number of halogens is 4. The monoisotopic (exact) mass is 426 g/mol. The van der Waals surface area contributed by atoms with Crippen LogP contribution in [0, 0.1) is 0 Å². The summed E-state index contributed by atoms with van der Waals surface area (Å²) in [5.41, 5.74) is 0.396. The van der Waals surface area contributed by atoms with E-state index >= 15 is 0 Å². The molecule has 0 unspecified atom stereocenters. The maximum absolute atomic E-state index is 12.0. The van der Waals surface area contributed by atoms with Crippen LogP contribution in [0.1, 0.15) is 48.9 Å². The van der Waals surface area contributed by atoms with Gasteiger partial charge < -0.3 is 10.6 Å². The molecule has 0 saturated heterocycles. The molecule has 0 aliphatic carbocycles. The van der Waals surface area contributed by atoms with Gasteiger partial charge in [-0.15, -0.1) is 0 Å². The number of carbonyl (C=O) groups is 2. The minimum absolute atomic E-state index is 0.208. The first-order valence-electron chi connectivity index (χ1n) is 8.21. The summed E-state index contributed by atoms with van der Waals surface area (Å²) in [6.07, 6.45) is 6.02. The summed E-state index contributed by atoms with van der Waals surface area (Å²) >= 11 is 22.8. The second-order valence-electron chi connectivity index (χ2n) is 5.57. The van der Waals surface area contributed by atoms with Crippen LogP contribution in [0.25, 0.3) is 0 Å². The van der Waals surface area contributed by atoms with E-state index in [-0.39, 0.29) is 16.8 Å². The van der Waals surface area contributed by atoms with Crippen molar-refractivity contribution in [1.82, 2.24) is 10.6 Å². The average molecular weight is 428 g/mol. The minimum atomic E-state index is -1.00. The number of unbranched alkanes of at least 4 members (excludes halogenated alkanes) is 5. The summed E-state index contributed by atoms with van der Waals surface area (Å²) in [5.74, 6) is -0.556. The predicted molar refractivity (Wildman–Crippen MR) is 105 cm³/mol. The zero-order chi connectivity index (χ0) is 18.7. The number of nitrogens with one attached hydrogen (secondary N) is 2. The molecule has 0 spiro atoms. The van der Waals surface area contributed by atoms with Crippen molar-refractivity contribution in [3.8, 4) is 0 Å². The fraction of sp³-hybridized carbons (Fsp3) is 0.529. The standard InChI is InChI=1S/C17H22Cl4N2O2/c18-13-9-7-8-12(14(13)19)16(24)22-10-5-3-1-2-4-6-11-23-17(25)15(20)21/h7-9,15H,1-6,10-11H2,(H,22,24)(H,23,25). The van der Waals surface area contributed by atoms with Crippen LogP contribution < -0.4 is 10.6 Å². The van der Waals surface area contributed by atoms with Crippen molar-refractivity contribution < 1.29 is 9.59 Å². The molecule has 0 saturated carbocycles. The highest BCUT2D eigenvalue weighted by atomic mass is 35.5. The minimum Gasteiger partial charge on any atom is -0.354 e. The molecule has 0 bridgehead atoms. The maximum atomic E-state index is 12.0. The van der Waals surface area contributed by atoms with Crippen LogP contribution in [0.15, 0.2) is 18.2 Å². The summed E-state index contributed by atoms with van der Waals surface area (Å²) in [4.78, 5) is 22.1. The first kappa shape index (κ1) is 22.4. The highest BCUT2D eigenvalue weighted by molar-refractivity contribution is 6.53. The Labute approximate surface area is 168 Å². The lowest BCUT2D eigenvalue weighted by Crippen LogP contribution is -2.29. The quantitative estimate of drug-likeness (QED) is 0.386. The predicted octanol–water partition coefficient (Wildman–Crippen LogP) is 4.98. The average Bonchev–Trinajstić information content (AvgIpc) is 2.58. The van der Waals surface area contributed by atoms with Gasteiger partial charge in [-0.3, -0.25) is 9.59 Å². The van der Waals surface area contributed by atoms with E-state index in [0.717, 1.165) is 38.5 Å². The summed E-state index contributed by atoms with van der Waals surface area (Å²) in [5, 5.41) is 6.16. The Morgan fingerprint density at radius 1 is 0.880 bits per heavy atom.